The van der Waals surface area contributed by atoms with Gasteiger partial charge in [0.1, 0.15) is 0 Å². The summed E-state index contributed by atoms with van der Waals surface area (Å²) < 4.78 is 25.7. The lowest BCUT2D eigenvalue weighted by atomic mass is 10.1. The average molecular weight is 359 g/mol. The van der Waals surface area contributed by atoms with Crippen LogP contribution in [0.5, 0.6) is 0 Å². The van der Waals surface area contributed by atoms with Gasteiger partial charge in [-0.15, -0.1) is 0 Å². The van der Waals surface area contributed by atoms with Crippen molar-refractivity contribution in [2.45, 2.75) is 39.0 Å². The van der Waals surface area contributed by atoms with Crippen LogP contribution in [0.4, 0.5) is 5.69 Å². The third-order valence-corrected chi connectivity index (χ3v) is 6.10. The van der Waals surface area contributed by atoms with Crippen LogP contribution in [-0.4, -0.2) is 33.2 Å². The number of benzene rings is 1. The van der Waals surface area contributed by atoms with E-state index in [4.69, 9.17) is 11.6 Å². The van der Waals surface area contributed by atoms with Gasteiger partial charge in [-0.3, -0.25) is 9.10 Å². The van der Waals surface area contributed by atoms with Gasteiger partial charge in [-0.25, -0.2) is 8.42 Å². The number of nitrogens with zero attached hydrogens (tertiary/aromatic N) is 1. The molecule has 128 valence electrons. The Morgan fingerprint density at radius 1 is 1.30 bits per heavy atom. The van der Waals surface area contributed by atoms with E-state index in [1.165, 1.54) is 4.31 Å². The molecule has 1 aliphatic rings. The Bertz CT molecular complexity index is 661. The molecule has 1 aromatic rings. The number of anilines is 1. The molecule has 0 radical (unpaired) electrons. The lowest BCUT2D eigenvalue weighted by Crippen LogP contribution is -2.38. The summed E-state index contributed by atoms with van der Waals surface area (Å²) in [4.78, 5) is 12.3. The van der Waals surface area contributed by atoms with Crippen LogP contribution in [0.25, 0.3) is 0 Å². The Kier molecular flexibility index (Phi) is 6.30. The van der Waals surface area contributed by atoms with Crippen LogP contribution in [-0.2, 0) is 10.0 Å². The van der Waals surface area contributed by atoms with E-state index in [0.717, 1.165) is 25.7 Å². The summed E-state index contributed by atoms with van der Waals surface area (Å²) in [5.41, 5.74) is 0.828. The first-order chi connectivity index (χ1) is 11.0. The van der Waals surface area contributed by atoms with Gasteiger partial charge in [-0.2, -0.15) is 0 Å². The van der Waals surface area contributed by atoms with Crippen molar-refractivity contribution in [2.75, 3.05) is 23.1 Å². The zero-order valence-corrected chi connectivity index (χ0v) is 14.9. The molecule has 1 heterocycles. The highest BCUT2D eigenvalue weighted by Crippen LogP contribution is 2.27. The van der Waals surface area contributed by atoms with E-state index in [1.807, 2.05) is 0 Å². The van der Waals surface area contributed by atoms with Crippen LogP contribution >= 0.6 is 11.6 Å². The van der Waals surface area contributed by atoms with Crippen LogP contribution in [0.3, 0.4) is 0 Å². The van der Waals surface area contributed by atoms with Crippen molar-refractivity contribution < 1.29 is 13.2 Å². The molecule has 5 nitrogen and oxygen atoms in total. The van der Waals surface area contributed by atoms with Gasteiger partial charge in [0, 0.05) is 13.1 Å². The van der Waals surface area contributed by atoms with Crippen molar-refractivity contribution in [2.24, 2.45) is 0 Å². The Hall–Kier alpha value is -1.27. The topological polar surface area (TPSA) is 66.5 Å². The van der Waals surface area contributed by atoms with E-state index in [-0.39, 0.29) is 11.7 Å². The van der Waals surface area contributed by atoms with Gasteiger partial charge >= 0.3 is 0 Å². The zero-order valence-electron chi connectivity index (χ0n) is 13.3. The highest BCUT2D eigenvalue weighted by molar-refractivity contribution is 7.92. The minimum absolute atomic E-state index is 0.147. The fourth-order valence-corrected chi connectivity index (χ4v) is 4.43. The Labute approximate surface area is 143 Å². The van der Waals surface area contributed by atoms with E-state index in [2.05, 4.69) is 12.2 Å². The van der Waals surface area contributed by atoms with Gasteiger partial charge in [-0.1, -0.05) is 31.4 Å². The first-order valence-electron chi connectivity index (χ1n) is 8.04. The van der Waals surface area contributed by atoms with Crippen molar-refractivity contribution in [3.63, 3.8) is 0 Å². The van der Waals surface area contributed by atoms with E-state index < -0.39 is 10.0 Å². The summed E-state index contributed by atoms with van der Waals surface area (Å²) >= 11 is 6.11. The summed E-state index contributed by atoms with van der Waals surface area (Å²) in [7, 11) is -3.30. The monoisotopic (exact) mass is 358 g/mol. The Morgan fingerprint density at radius 3 is 2.78 bits per heavy atom. The SMILES string of the molecule is CCCCCNC(=O)c1cc(N2CCCCS2(=O)=O)ccc1Cl. The van der Waals surface area contributed by atoms with E-state index in [0.29, 0.717) is 35.8 Å². The van der Waals surface area contributed by atoms with E-state index in [1.54, 1.807) is 18.2 Å². The van der Waals surface area contributed by atoms with Crippen LogP contribution in [0.15, 0.2) is 18.2 Å². The molecule has 0 aromatic heterocycles. The van der Waals surface area contributed by atoms with Gasteiger partial charge in [0.25, 0.3) is 5.91 Å². The molecule has 1 aromatic carbocycles. The van der Waals surface area contributed by atoms with Crippen LogP contribution in [0.1, 0.15) is 49.4 Å². The summed E-state index contributed by atoms with van der Waals surface area (Å²) in [5.74, 6) is -0.115. The number of halogens is 1. The predicted octanol–water partition coefficient (Wildman–Crippen LogP) is 3.19. The first kappa shape index (κ1) is 18.1. The van der Waals surface area contributed by atoms with Crippen molar-refractivity contribution >= 4 is 33.2 Å². The molecule has 23 heavy (non-hydrogen) atoms. The number of carbonyl (C=O) groups is 1. The maximum atomic E-state index is 12.3. The predicted molar refractivity (Wildman–Crippen MR) is 93.7 cm³/mol. The molecule has 0 atom stereocenters. The molecule has 0 bridgehead atoms. The van der Waals surface area contributed by atoms with Crippen molar-refractivity contribution in [3.8, 4) is 0 Å². The van der Waals surface area contributed by atoms with E-state index >= 15 is 0 Å². The second-order valence-electron chi connectivity index (χ2n) is 5.72. The van der Waals surface area contributed by atoms with Crippen molar-refractivity contribution in [3.05, 3.63) is 28.8 Å². The number of amides is 1. The maximum Gasteiger partial charge on any atom is 0.252 e. The number of carbonyl (C=O) groups excluding carboxylic acids is 1. The number of sulfonamides is 1. The molecule has 7 heteroatoms. The highest BCUT2D eigenvalue weighted by Gasteiger charge is 2.27. The fourth-order valence-electron chi connectivity index (χ4n) is 2.59. The Balaban J connectivity index is 2.17. The van der Waals surface area contributed by atoms with Gasteiger partial charge < -0.3 is 5.32 Å². The number of rotatable bonds is 6. The number of hydrogen-bond acceptors (Lipinski definition) is 3. The fraction of sp³-hybridized carbons (Fsp3) is 0.562. The summed E-state index contributed by atoms with van der Waals surface area (Å²) in [6.45, 7) is 3.14. The molecule has 1 amide bonds. The van der Waals surface area contributed by atoms with Crippen molar-refractivity contribution in [1.82, 2.24) is 5.32 Å². The van der Waals surface area contributed by atoms with Crippen LogP contribution in [0, 0.1) is 0 Å². The van der Waals surface area contributed by atoms with Crippen LogP contribution in [0.2, 0.25) is 5.02 Å². The molecule has 0 unspecified atom stereocenters. The number of unbranched alkanes of at least 4 members (excludes halogenated alkanes) is 2. The standard InChI is InChI=1S/C16H23ClN2O3S/c1-2-3-4-9-18-16(20)14-12-13(7-8-15(14)17)19-10-5-6-11-23(19,21)22/h7-8,12H,2-6,9-11H2,1H3,(H,18,20). The van der Waals surface area contributed by atoms with Crippen molar-refractivity contribution in [1.29, 1.82) is 0 Å². The molecule has 0 saturated carbocycles. The molecule has 0 aliphatic carbocycles. The third-order valence-electron chi connectivity index (χ3n) is 3.90. The quantitative estimate of drug-likeness (QED) is 0.794. The average Bonchev–Trinajstić information content (AvgIpc) is 2.52. The smallest absolute Gasteiger partial charge is 0.252 e. The lowest BCUT2D eigenvalue weighted by molar-refractivity contribution is 0.0953. The second-order valence-corrected chi connectivity index (χ2v) is 8.14. The van der Waals surface area contributed by atoms with Gasteiger partial charge in [0.2, 0.25) is 10.0 Å². The summed E-state index contributed by atoms with van der Waals surface area (Å²) in [6.07, 6.45) is 4.55. The van der Waals surface area contributed by atoms with Gasteiger partial charge in [0.15, 0.2) is 0 Å². The lowest BCUT2D eigenvalue weighted by Gasteiger charge is -2.28. The Morgan fingerprint density at radius 2 is 2.09 bits per heavy atom. The summed E-state index contributed by atoms with van der Waals surface area (Å²) in [6, 6.07) is 4.81. The summed E-state index contributed by atoms with van der Waals surface area (Å²) in [5, 5.41) is 3.16. The molecule has 0 spiro atoms. The second kappa shape index (κ2) is 8.02. The highest BCUT2D eigenvalue weighted by atomic mass is 35.5. The molecule has 1 saturated heterocycles. The molecule has 1 aliphatic heterocycles. The maximum absolute atomic E-state index is 12.3. The minimum atomic E-state index is -3.30. The minimum Gasteiger partial charge on any atom is -0.352 e. The van der Waals surface area contributed by atoms with E-state index in [9.17, 15) is 13.2 Å². The molecular weight excluding hydrogens is 336 g/mol. The number of hydrogen-bond donors (Lipinski definition) is 1. The third kappa shape index (κ3) is 4.61. The molecule has 1 N–H and O–H groups in total. The molecule has 2 rings (SSSR count). The molecular formula is C16H23ClN2O3S. The zero-order chi connectivity index (χ0) is 16.9. The largest absolute Gasteiger partial charge is 0.352 e. The van der Waals surface area contributed by atoms with Gasteiger partial charge in [0.05, 0.1) is 22.0 Å². The number of nitrogens with one attached hydrogen (secondary N) is 1. The van der Waals surface area contributed by atoms with Gasteiger partial charge in [-0.05, 0) is 37.5 Å². The normalized spacial score (nSPS) is 17.0. The first-order valence-corrected chi connectivity index (χ1v) is 10.0. The van der Waals surface area contributed by atoms with Crippen LogP contribution < -0.4 is 9.62 Å². The molecule has 1 fully saturated rings.